The topological polar surface area (TPSA) is 81.1 Å². The van der Waals surface area contributed by atoms with E-state index < -0.39 is 5.97 Å². The number of carbonyl (C=O) groups is 1. The molecule has 3 N–H and O–H groups in total. The molecule has 1 aromatic carbocycles. The number of aromatic carboxylic acids is 1. The third-order valence-electron chi connectivity index (χ3n) is 2.37. The Labute approximate surface area is 92.2 Å². The van der Waals surface area contributed by atoms with Crippen LogP contribution in [0.25, 0.3) is 5.69 Å². The van der Waals surface area contributed by atoms with E-state index in [4.69, 9.17) is 10.8 Å². The molecule has 0 unspecified atom stereocenters. The van der Waals surface area contributed by atoms with Gasteiger partial charge in [-0.3, -0.25) is 0 Å². The Morgan fingerprint density at radius 1 is 1.50 bits per heavy atom. The Morgan fingerprint density at radius 3 is 2.81 bits per heavy atom. The first-order valence-electron chi connectivity index (χ1n) is 4.71. The van der Waals surface area contributed by atoms with Crippen molar-refractivity contribution in [2.24, 2.45) is 0 Å². The lowest BCUT2D eigenvalue weighted by Gasteiger charge is -2.07. The number of aryl methyl sites for hydroxylation is 1. The highest BCUT2D eigenvalue weighted by Crippen LogP contribution is 2.18. The van der Waals surface area contributed by atoms with Crippen molar-refractivity contribution >= 4 is 11.7 Å². The van der Waals surface area contributed by atoms with E-state index >= 15 is 0 Å². The second kappa shape index (κ2) is 3.69. The molecular formula is C11H11N3O2. The summed E-state index contributed by atoms with van der Waals surface area (Å²) in [5.41, 5.74) is 7.61. The number of nitrogens with two attached hydrogens (primary N) is 1. The minimum absolute atomic E-state index is 0.102. The number of imidazole rings is 1. The molecule has 16 heavy (non-hydrogen) atoms. The monoisotopic (exact) mass is 217 g/mol. The number of anilines is 1. The summed E-state index contributed by atoms with van der Waals surface area (Å²) < 4.78 is 1.80. The zero-order valence-corrected chi connectivity index (χ0v) is 8.71. The Bertz CT molecular complexity index is 546. The maximum atomic E-state index is 10.9. The predicted octanol–water partition coefficient (Wildman–Crippen LogP) is 1.46. The van der Waals surface area contributed by atoms with Crippen LogP contribution in [0.4, 0.5) is 5.69 Å². The largest absolute Gasteiger partial charge is 0.478 e. The zero-order chi connectivity index (χ0) is 11.7. The van der Waals surface area contributed by atoms with Gasteiger partial charge >= 0.3 is 5.97 Å². The van der Waals surface area contributed by atoms with E-state index in [0.717, 1.165) is 11.4 Å². The first-order valence-corrected chi connectivity index (χ1v) is 4.71. The third-order valence-corrected chi connectivity index (χ3v) is 2.37. The van der Waals surface area contributed by atoms with Gasteiger partial charge in [0.05, 0.1) is 11.9 Å². The fraction of sp³-hybridized carbons (Fsp3) is 0.0909. The molecule has 0 atom stereocenters. The van der Waals surface area contributed by atoms with Crippen molar-refractivity contribution in [3.05, 3.63) is 42.0 Å². The molecule has 82 valence electrons. The fourth-order valence-electron chi connectivity index (χ4n) is 1.51. The van der Waals surface area contributed by atoms with E-state index in [0.29, 0.717) is 0 Å². The molecule has 0 bridgehead atoms. The maximum absolute atomic E-state index is 10.9. The minimum Gasteiger partial charge on any atom is -0.478 e. The highest BCUT2D eigenvalue weighted by atomic mass is 16.4. The van der Waals surface area contributed by atoms with E-state index in [-0.39, 0.29) is 11.3 Å². The summed E-state index contributed by atoms with van der Waals surface area (Å²) in [7, 11) is 0. The van der Waals surface area contributed by atoms with Gasteiger partial charge in [0.15, 0.2) is 0 Å². The SMILES string of the molecule is Cc1cncn1-c1ccc(N)c(C(=O)O)c1. The number of nitrogen functional groups attached to an aromatic ring is 1. The standard InChI is InChI=1S/C11H11N3O2/c1-7-5-13-6-14(7)8-2-3-10(12)9(4-8)11(15)16/h2-6H,12H2,1H3,(H,15,16). The van der Waals surface area contributed by atoms with Crippen molar-refractivity contribution < 1.29 is 9.90 Å². The normalized spacial score (nSPS) is 10.3. The summed E-state index contributed by atoms with van der Waals surface area (Å²) in [5.74, 6) is -1.03. The maximum Gasteiger partial charge on any atom is 0.337 e. The summed E-state index contributed by atoms with van der Waals surface area (Å²) >= 11 is 0. The molecule has 0 aliphatic heterocycles. The van der Waals surface area contributed by atoms with Crippen LogP contribution in [-0.2, 0) is 0 Å². The summed E-state index contributed by atoms with van der Waals surface area (Å²) in [6.07, 6.45) is 3.34. The van der Waals surface area contributed by atoms with Gasteiger partial charge < -0.3 is 15.4 Å². The Morgan fingerprint density at radius 2 is 2.25 bits per heavy atom. The van der Waals surface area contributed by atoms with E-state index in [1.54, 1.807) is 29.2 Å². The molecule has 0 aliphatic carbocycles. The average molecular weight is 217 g/mol. The number of benzene rings is 1. The Balaban J connectivity index is 2.56. The van der Waals surface area contributed by atoms with Crippen molar-refractivity contribution in [1.29, 1.82) is 0 Å². The molecular weight excluding hydrogens is 206 g/mol. The van der Waals surface area contributed by atoms with Crippen LogP contribution >= 0.6 is 0 Å². The van der Waals surface area contributed by atoms with Crippen LogP contribution in [0.15, 0.2) is 30.7 Å². The van der Waals surface area contributed by atoms with Crippen LogP contribution in [0.3, 0.4) is 0 Å². The number of aromatic nitrogens is 2. The number of nitrogens with zero attached hydrogens (tertiary/aromatic N) is 2. The molecule has 5 nitrogen and oxygen atoms in total. The third kappa shape index (κ3) is 1.63. The van der Waals surface area contributed by atoms with Crippen molar-refractivity contribution in [2.45, 2.75) is 6.92 Å². The molecule has 2 rings (SSSR count). The Kier molecular flexibility index (Phi) is 2.36. The van der Waals surface area contributed by atoms with Gasteiger partial charge in [-0.15, -0.1) is 0 Å². The smallest absolute Gasteiger partial charge is 0.337 e. The molecule has 0 saturated heterocycles. The van der Waals surface area contributed by atoms with E-state index in [2.05, 4.69) is 4.98 Å². The van der Waals surface area contributed by atoms with Crippen LogP contribution in [-0.4, -0.2) is 20.6 Å². The van der Waals surface area contributed by atoms with Crippen molar-refractivity contribution in [1.82, 2.24) is 9.55 Å². The van der Waals surface area contributed by atoms with Gasteiger partial charge in [-0.25, -0.2) is 9.78 Å². The van der Waals surface area contributed by atoms with E-state index in [1.165, 1.54) is 6.07 Å². The van der Waals surface area contributed by atoms with Crippen LogP contribution in [0, 0.1) is 6.92 Å². The van der Waals surface area contributed by atoms with Crippen molar-refractivity contribution in [2.75, 3.05) is 5.73 Å². The molecule has 1 aromatic heterocycles. The quantitative estimate of drug-likeness (QED) is 0.746. The molecule has 0 saturated carbocycles. The highest BCUT2D eigenvalue weighted by molar-refractivity contribution is 5.94. The van der Waals surface area contributed by atoms with Crippen LogP contribution in [0.1, 0.15) is 16.1 Å². The van der Waals surface area contributed by atoms with Crippen molar-refractivity contribution in [3.8, 4) is 5.69 Å². The molecule has 0 radical (unpaired) electrons. The molecule has 0 amide bonds. The zero-order valence-electron chi connectivity index (χ0n) is 8.71. The lowest BCUT2D eigenvalue weighted by Crippen LogP contribution is -2.04. The van der Waals surface area contributed by atoms with Gasteiger partial charge in [-0.1, -0.05) is 0 Å². The lowest BCUT2D eigenvalue weighted by atomic mass is 10.1. The molecule has 1 heterocycles. The van der Waals surface area contributed by atoms with Gasteiger partial charge in [-0.05, 0) is 25.1 Å². The van der Waals surface area contributed by atoms with Crippen LogP contribution in [0.5, 0.6) is 0 Å². The van der Waals surface area contributed by atoms with Crippen LogP contribution in [0.2, 0.25) is 0 Å². The van der Waals surface area contributed by atoms with Gasteiger partial charge in [0.2, 0.25) is 0 Å². The second-order valence-corrected chi connectivity index (χ2v) is 3.48. The lowest BCUT2D eigenvalue weighted by molar-refractivity contribution is 0.0698. The fourth-order valence-corrected chi connectivity index (χ4v) is 1.51. The van der Waals surface area contributed by atoms with Gasteiger partial charge in [0.1, 0.15) is 0 Å². The summed E-state index contributed by atoms with van der Waals surface area (Å²) in [5, 5.41) is 8.95. The number of carboxylic acid groups (broad SMARTS) is 1. The summed E-state index contributed by atoms with van der Waals surface area (Å²) in [6, 6.07) is 4.88. The van der Waals surface area contributed by atoms with Crippen molar-refractivity contribution in [3.63, 3.8) is 0 Å². The number of hydrogen-bond donors (Lipinski definition) is 2. The minimum atomic E-state index is -1.03. The first kappa shape index (κ1) is 10.2. The van der Waals surface area contributed by atoms with Gasteiger partial charge in [-0.2, -0.15) is 0 Å². The molecule has 0 aliphatic rings. The Hall–Kier alpha value is -2.30. The number of rotatable bonds is 2. The predicted molar refractivity (Wildman–Crippen MR) is 59.7 cm³/mol. The molecule has 0 fully saturated rings. The number of hydrogen-bond acceptors (Lipinski definition) is 3. The van der Waals surface area contributed by atoms with Crippen LogP contribution < -0.4 is 5.73 Å². The second-order valence-electron chi connectivity index (χ2n) is 3.48. The van der Waals surface area contributed by atoms with Gasteiger partial charge in [0, 0.05) is 23.3 Å². The molecule has 2 aromatic rings. The average Bonchev–Trinajstić information content (AvgIpc) is 2.65. The highest BCUT2D eigenvalue weighted by Gasteiger charge is 2.10. The summed E-state index contributed by atoms with van der Waals surface area (Å²) in [6.45, 7) is 1.89. The summed E-state index contributed by atoms with van der Waals surface area (Å²) in [4.78, 5) is 14.9. The number of carboxylic acids is 1. The first-order chi connectivity index (χ1) is 7.59. The van der Waals surface area contributed by atoms with E-state index in [1.807, 2.05) is 6.92 Å². The van der Waals surface area contributed by atoms with E-state index in [9.17, 15) is 4.79 Å². The molecule has 5 heteroatoms. The molecule has 0 spiro atoms. The van der Waals surface area contributed by atoms with Gasteiger partial charge in [0.25, 0.3) is 0 Å².